The molecule has 0 bridgehead atoms. The minimum Gasteiger partial charge on any atom is -0.289 e. The molecule has 0 spiro atoms. The molecule has 1 aromatic rings. The smallest absolute Gasteiger partial charge is 0.190 e. The highest BCUT2D eigenvalue weighted by Gasteiger charge is 2.28. The van der Waals surface area contributed by atoms with Crippen molar-refractivity contribution < 1.29 is 9.59 Å². The van der Waals surface area contributed by atoms with Crippen LogP contribution < -0.4 is 0 Å². The van der Waals surface area contributed by atoms with Crippen molar-refractivity contribution in [2.75, 3.05) is 0 Å². The standard InChI is InChI=1S/C51H76O2/c1-38(2)20-13-21-39(3)22-14-23-40(4)24-15-25-41(5)26-16-27-42(6)28-17-29-43(7)30-18-31-44(8)32-19-33-45(9)36-37-47-46(10)50(52)48-34-11-12-35-49(48)51(47)53/h11-12,20,22,24,26,28,34-36,43-44H,13-19,21,23,25,27,29-33,37H2,1-10H3/b39-22+,40-24+,41-26+,42-28+,45-36+. The van der Waals surface area contributed by atoms with Crippen LogP contribution in [0.15, 0.2) is 105 Å². The first-order valence-corrected chi connectivity index (χ1v) is 21.1. The Bertz CT molecular complexity index is 1530. The monoisotopic (exact) mass is 721 g/mol. The van der Waals surface area contributed by atoms with E-state index < -0.39 is 0 Å². The highest BCUT2D eigenvalue weighted by molar-refractivity contribution is 6.26. The Labute approximate surface area is 326 Å². The molecule has 0 fully saturated rings. The molecule has 53 heavy (non-hydrogen) atoms. The van der Waals surface area contributed by atoms with Gasteiger partial charge in [0.05, 0.1) is 0 Å². The molecule has 1 aliphatic carbocycles. The van der Waals surface area contributed by atoms with E-state index in [0.717, 1.165) is 43.9 Å². The topological polar surface area (TPSA) is 34.1 Å². The Balaban J connectivity index is 1.55. The molecular formula is C51H76O2. The Morgan fingerprint density at radius 2 is 0.925 bits per heavy atom. The molecule has 2 unspecified atom stereocenters. The van der Waals surface area contributed by atoms with Gasteiger partial charge in [0.15, 0.2) is 11.6 Å². The highest BCUT2D eigenvalue weighted by Crippen LogP contribution is 2.29. The van der Waals surface area contributed by atoms with E-state index in [2.05, 4.69) is 98.8 Å². The number of carbonyl (C=O) groups excluding carboxylic acids is 2. The summed E-state index contributed by atoms with van der Waals surface area (Å²) >= 11 is 0. The van der Waals surface area contributed by atoms with E-state index in [-0.39, 0.29) is 11.6 Å². The van der Waals surface area contributed by atoms with Gasteiger partial charge in [-0.15, -0.1) is 0 Å². The second-order valence-corrected chi connectivity index (χ2v) is 16.8. The zero-order valence-corrected chi connectivity index (χ0v) is 35.8. The number of benzene rings is 1. The summed E-state index contributed by atoms with van der Waals surface area (Å²) in [5.74, 6) is 1.52. The quantitative estimate of drug-likeness (QED) is 0.0943. The third kappa shape index (κ3) is 19.1. The lowest BCUT2D eigenvalue weighted by atomic mass is 9.83. The van der Waals surface area contributed by atoms with E-state index in [4.69, 9.17) is 0 Å². The second-order valence-electron chi connectivity index (χ2n) is 16.8. The second kappa shape index (κ2) is 25.7. The SMILES string of the molecule is CC(C)=CCC/C(C)=C/CC/C(C)=C/CC/C(C)=C/CC/C(C)=C/CCC(C)CCCC(C)CCC/C(C)=C/CC1=C(C)C(=O)c2ccccc2C1=O. The Hall–Kier alpha value is -3.26. The van der Waals surface area contributed by atoms with Gasteiger partial charge in [0.2, 0.25) is 0 Å². The minimum atomic E-state index is -0.00881. The van der Waals surface area contributed by atoms with Gasteiger partial charge in [-0.3, -0.25) is 9.59 Å². The first kappa shape index (κ1) is 45.9. The van der Waals surface area contributed by atoms with Crippen LogP contribution in [0.2, 0.25) is 0 Å². The van der Waals surface area contributed by atoms with E-state index in [9.17, 15) is 9.59 Å². The van der Waals surface area contributed by atoms with Gasteiger partial charge in [-0.1, -0.05) is 134 Å². The average Bonchev–Trinajstić information content (AvgIpc) is 3.10. The molecule has 0 radical (unpaired) electrons. The van der Waals surface area contributed by atoms with Gasteiger partial charge in [0.25, 0.3) is 0 Å². The number of fused-ring (bicyclic) bond motifs is 1. The summed E-state index contributed by atoms with van der Waals surface area (Å²) in [6.45, 7) is 22.3. The zero-order chi connectivity index (χ0) is 39.2. The minimum absolute atomic E-state index is 0.00881. The van der Waals surface area contributed by atoms with E-state index >= 15 is 0 Å². The lowest BCUT2D eigenvalue weighted by Gasteiger charge is -2.18. The summed E-state index contributed by atoms with van der Waals surface area (Å²) in [7, 11) is 0. The molecule has 2 atom stereocenters. The Morgan fingerprint density at radius 1 is 0.509 bits per heavy atom. The maximum Gasteiger partial charge on any atom is 0.190 e. The molecule has 0 N–H and O–H groups in total. The van der Waals surface area contributed by atoms with E-state index in [0.29, 0.717) is 28.7 Å². The fraction of sp³-hybridized carbons (Fsp3) is 0.569. The normalized spacial score (nSPS) is 15.9. The Morgan fingerprint density at radius 3 is 1.43 bits per heavy atom. The van der Waals surface area contributed by atoms with Crippen molar-refractivity contribution >= 4 is 11.6 Å². The molecule has 0 saturated heterocycles. The summed E-state index contributed by atoms with van der Waals surface area (Å²) in [5, 5.41) is 0. The van der Waals surface area contributed by atoms with Gasteiger partial charge in [-0.05, 0) is 151 Å². The molecule has 0 aliphatic heterocycles. The first-order valence-electron chi connectivity index (χ1n) is 21.1. The largest absolute Gasteiger partial charge is 0.289 e. The number of hydrogen-bond donors (Lipinski definition) is 0. The number of Topliss-reactive ketones (excluding diaryl/α,β-unsaturated/α-hetero) is 2. The summed E-state index contributed by atoms with van der Waals surface area (Å²) < 4.78 is 0. The molecule has 0 aromatic heterocycles. The molecule has 2 rings (SSSR count). The zero-order valence-electron chi connectivity index (χ0n) is 35.8. The van der Waals surface area contributed by atoms with Crippen LogP contribution >= 0.6 is 0 Å². The third-order valence-electron chi connectivity index (χ3n) is 11.1. The van der Waals surface area contributed by atoms with Crippen molar-refractivity contribution in [1.29, 1.82) is 0 Å². The van der Waals surface area contributed by atoms with Crippen LogP contribution in [0.5, 0.6) is 0 Å². The fourth-order valence-electron chi connectivity index (χ4n) is 7.26. The van der Waals surface area contributed by atoms with E-state index in [1.54, 1.807) is 19.1 Å². The van der Waals surface area contributed by atoms with E-state index in [1.807, 2.05) is 12.1 Å². The van der Waals surface area contributed by atoms with Crippen LogP contribution in [-0.4, -0.2) is 11.6 Å². The van der Waals surface area contributed by atoms with Crippen LogP contribution in [0.4, 0.5) is 0 Å². The summed E-state index contributed by atoms with van der Waals surface area (Å²) in [6.07, 6.45) is 34.1. The van der Waals surface area contributed by atoms with Gasteiger partial charge in [-0.25, -0.2) is 0 Å². The predicted octanol–water partition coefficient (Wildman–Crippen LogP) is 16.0. The molecule has 1 aromatic carbocycles. The molecule has 0 saturated carbocycles. The summed E-state index contributed by atoms with van der Waals surface area (Å²) in [6, 6.07) is 7.20. The van der Waals surface area contributed by atoms with Crippen LogP contribution in [0.3, 0.4) is 0 Å². The van der Waals surface area contributed by atoms with Crippen LogP contribution in [-0.2, 0) is 0 Å². The van der Waals surface area contributed by atoms with E-state index in [1.165, 1.54) is 104 Å². The molecular weight excluding hydrogens is 645 g/mol. The number of hydrogen-bond acceptors (Lipinski definition) is 2. The van der Waals surface area contributed by atoms with Crippen LogP contribution in [0.1, 0.15) is 199 Å². The third-order valence-corrected chi connectivity index (χ3v) is 11.1. The molecule has 292 valence electrons. The first-order chi connectivity index (χ1) is 25.3. The maximum absolute atomic E-state index is 13.0. The highest BCUT2D eigenvalue weighted by atomic mass is 16.1. The molecule has 2 heteroatoms. The maximum atomic E-state index is 13.0. The molecule has 0 heterocycles. The number of carbonyl (C=O) groups is 2. The van der Waals surface area contributed by atoms with Gasteiger partial charge < -0.3 is 0 Å². The van der Waals surface area contributed by atoms with Crippen molar-refractivity contribution in [3.63, 3.8) is 0 Å². The lowest BCUT2D eigenvalue weighted by Crippen LogP contribution is -2.20. The van der Waals surface area contributed by atoms with Crippen molar-refractivity contribution in [3.8, 4) is 0 Å². The van der Waals surface area contributed by atoms with Crippen molar-refractivity contribution in [3.05, 3.63) is 116 Å². The Kier molecular flexibility index (Phi) is 22.3. The van der Waals surface area contributed by atoms with Gasteiger partial charge in [0, 0.05) is 22.3 Å². The van der Waals surface area contributed by atoms with Gasteiger partial charge >= 0.3 is 0 Å². The molecule has 2 nitrogen and oxygen atoms in total. The van der Waals surface area contributed by atoms with Crippen molar-refractivity contribution in [2.45, 2.75) is 178 Å². The van der Waals surface area contributed by atoms with Crippen LogP contribution in [0.25, 0.3) is 0 Å². The van der Waals surface area contributed by atoms with Gasteiger partial charge in [-0.2, -0.15) is 0 Å². The summed E-state index contributed by atoms with van der Waals surface area (Å²) in [4.78, 5) is 25.8. The van der Waals surface area contributed by atoms with Crippen LogP contribution in [0, 0.1) is 11.8 Å². The number of ketones is 2. The number of rotatable bonds is 25. The average molecular weight is 721 g/mol. The van der Waals surface area contributed by atoms with Crippen molar-refractivity contribution in [1.82, 2.24) is 0 Å². The molecule has 0 amide bonds. The fourth-order valence-corrected chi connectivity index (χ4v) is 7.26. The number of allylic oxidation sites excluding steroid dienone is 14. The predicted molar refractivity (Wildman–Crippen MR) is 233 cm³/mol. The molecule has 1 aliphatic rings. The lowest BCUT2D eigenvalue weighted by molar-refractivity contribution is 0.0973. The van der Waals surface area contributed by atoms with Gasteiger partial charge in [0.1, 0.15) is 0 Å². The summed E-state index contributed by atoms with van der Waals surface area (Å²) in [5.41, 5.74) is 11.2. The van der Waals surface area contributed by atoms with Crippen molar-refractivity contribution in [2.24, 2.45) is 11.8 Å².